The normalized spacial score (nSPS) is 11.5. The first-order valence-electron chi connectivity index (χ1n) is 9.89. The number of rotatable bonds is 11. The maximum Gasteiger partial charge on any atom is 0.230 e. The lowest BCUT2D eigenvalue weighted by molar-refractivity contribution is -0.118. The molecule has 3 rings (SSSR count). The predicted molar refractivity (Wildman–Crippen MR) is 121 cm³/mol. The Labute approximate surface area is 186 Å². The van der Waals surface area contributed by atoms with Gasteiger partial charge in [0.25, 0.3) is 0 Å². The number of para-hydroxylation sites is 2. The maximum atomic E-state index is 12.3. The van der Waals surface area contributed by atoms with Crippen LogP contribution in [0, 0.1) is 0 Å². The van der Waals surface area contributed by atoms with E-state index in [4.69, 9.17) is 9.47 Å². The molecule has 1 heterocycles. The lowest BCUT2D eigenvalue weighted by Crippen LogP contribution is -2.24. The summed E-state index contributed by atoms with van der Waals surface area (Å²) in [6.45, 7) is 6.73. The van der Waals surface area contributed by atoms with Crippen LogP contribution in [0.3, 0.4) is 0 Å². The number of hydrogen-bond acceptors (Lipinski definition) is 6. The van der Waals surface area contributed by atoms with Crippen LogP contribution in [0.25, 0.3) is 0 Å². The van der Waals surface area contributed by atoms with Crippen LogP contribution in [0.4, 0.5) is 0 Å². The van der Waals surface area contributed by atoms with Crippen molar-refractivity contribution in [2.75, 3.05) is 12.9 Å². The van der Waals surface area contributed by atoms with Gasteiger partial charge in [-0.2, -0.15) is 0 Å². The molecule has 0 aliphatic rings. The highest BCUT2D eigenvalue weighted by molar-refractivity contribution is 7.99. The van der Waals surface area contributed by atoms with Gasteiger partial charge in [0, 0.05) is 13.1 Å². The van der Waals surface area contributed by atoms with Gasteiger partial charge in [0.05, 0.1) is 12.9 Å². The van der Waals surface area contributed by atoms with Crippen LogP contribution in [0.1, 0.15) is 24.4 Å². The fourth-order valence-electron chi connectivity index (χ4n) is 2.95. The Kier molecular flexibility index (Phi) is 8.12. The molecular weight excluding hydrogens is 412 g/mol. The first-order chi connectivity index (χ1) is 15.1. The molecule has 7 nitrogen and oxygen atoms in total. The average Bonchev–Trinajstić information content (AvgIpc) is 3.20. The van der Waals surface area contributed by atoms with E-state index < -0.39 is 0 Å². The van der Waals surface area contributed by atoms with Gasteiger partial charge in [-0.15, -0.1) is 16.8 Å². The summed E-state index contributed by atoms with van der Waals surface area (Å²) in [7, 11) is 1.60. The number of carbonyl (C=O) groups excluding carboxylic acids is 1. The number of allylic oxidation sites excluding steroid dienone is 1. The Morgan fingerprint density at radius 1 is 1.16 bits per heavy atom. The van der Waals surface area contributed by atoms with Crippen LogP contribution < -0.4 is 14.8 Å². The zero-order chi connectivity index (χ0) is 22.1. The third-order valence-electron chi connectivity index (χ3n) is 4.46. The highest BCUT2D eigenvalue weighted by atomic mass is 32.2. The summed E-state index contributed by atoms with van der Waals surface area (Å²) in [5.41, 5.74) is 1.06. The van der Waals surface area contributed by atoms with Crippen molar-refractivity contribution in [2.24, 2.45) is 0 Å². The molecule has 1 atom stereocenters. The average molecular weight is 439 g/mol. The minimum absolute atomic E-state index is 0.0677. The van der Waals surface area contributed by atoms with Crippen LogP contribution in [0.5, 0.6) is 11.5 Å². The first-order valence-corrected chi connectivity index (χ1v) is 10.9. The van der Waals surface area contributed by atoms with Gasteiger partial charge in [-0.25, -0.2) is 0 Å². The molecule has 0 aliphatic heterocycles. The van der Waals surface area contributed by atoms with E-state index in [-0.39, 0.29) is 17.8 Å². The molecule has 1 N–H and O–H groups in total. The predicted octanol–water partition coefficient (Wildman–Crippen LogP) is 4.02. The van der Waals surface area contributed by atoms with Crippen LogP contribution in [-0.2, 0) is 17.9 Å². The van der Waals surface area contributed by atoms with E-state index in [9.17, 15) is 4.79 Å². The minimum Gasteiger partial charge on any atom is -0.493 e. The van der Waals surface area contributed by atoms with Crippen molar-refractivity contribution >= 4 is 17.7 Å². The number of carbonyl (C=O) groups is 1. The molecule has 0 radical (unpaired) electrons. The van der Waals surface area contributed by atoms with Gasteiger partial charge >= 0.3 is 0 Å². The summed E-state index contributed by atoms with van der Waals surface area (Å²) in [5.74, 6) is 2.10. The number of ether oxygens (including phenoxy) is 2. The van der Waals surface area contributed by atoms with Gasteiger partial charge in [-0.3, -0.25) is 9.36 Å². The molecule has 1 aromatic heterocycles. The van der Waals surface area contributed by atoms with Crippen LogP contribution in [0.15, 0.2) is 72.4 Å². The lowest BCUT2D eigenvalue weighted by atomic mass is 10.2. The fourth-order valence-corrected chi connectivity index (χ4v) is 3.73. The Bertz CT molecular complexity index is 1010. The summed E-state index contributed by atoms with van der Waals surface area (Å²) >= 11 is 1.33. The van der Waals surface area contributed by atoms with Crippen molar-refractivity contribution in [2.45, 2.75) is 31.3 Å². The van der Waals surface area contributed by atoms with Gasteiger partial charge in [0.15, 0.2) is 28.6 Å². The number of methoxy groups -OCH3 is 1. The molecule has 1 amide bonds. The number of benzene rings is 2. The highest BCUT2D eigenvalue weighted by Crippen LogP contribution is 2.31. The number of hydrogen-bond donors (Lipinski definition) is 1. The van der Waals surface area contributed by atoms with Gasteiger partial charge in [-0.1, -0.05) is 60.3 Å². The first kappa shape index (κ1) is 22.4. The molecule has 1 unspecified atom stereocenters. The zero-order valence-corrected chi connectivity index (χ0v) is 18.5. The Morgan fingerprint density at radius 2 is 1.87 bits per heavy atom. The quantitative estimate of drug-likeness (QED) is 0.360. The topological polar surface area (TPSA) is 78.3 Å². The van der Waals surface area contributed by atoms with E-state index in [1.54, 1.807) is 13.2 Å². The smallest absolute Gasteiger partial charge is 0.230 e. The third-order valence-corrected chi connectivity index (χ3v) is 5.43. The number of aromatic nitrogens is 3. The third kappa shape index (κ3) is 6.11. The number of amides is 1. The Balaban J connectivity index is 1.64. The van der Waals surface area contributed by atoms with E-state index in [1.165, 1.54) is 11.8 Å². The summed E-state index contributed by atoms with van der Waals surface area (Å²) in [6, 6.07) is 17.2. The SMILES string of the molecule is C=CCn1c(SCC(=O)NCc2ccccc2)nnc1C(C)Oc1ccccc1OC. The van der Waals surface area contributed by atoms with E-state index in [0.29, 0.717) is 35.6 Å². The molecule has 162 valence electrons. The molecule has 0 aliphatic carbocycles. The minimum atomic E-state index is -0.370. The number of thioether (sulfide) groups is 1. The summed E-state index contributed by atoms with van der Waals surface area (Å²) in [4.78, 5) is 12.3. The van der Waals surface area contributed by atoms with Crippen LogP contribution >= 0.6 is 11.8 Å². The van der Waals surface area contributed by atoms with E-state index in [1.807, 2.05) is 66.1 Å². The van der Waals surface area contributed by atoms with Crippen molar-refractivity contribution in [3.8, 4) is 11.5 Å². The zero-order valence-electron chi connectivity index (χ0n) is 17.7. The number of nitrogens with zero attached hydrogens (tertiary/aromatic N) is 3. The molecule has 31 heavy (non-hydrogen) atoms. The molecule has 0 fully saturated rings. The Hall–Kier alpha value is -3.26. The summed E-state index contributed by atoms with van der Waals surface area (Å²) in [5, 5.41) is 12.1. The van der Waals surface area contributed by atoms with E-state index in [2.05, 4.69) is 22.1 Å². The Morgan fingerprint density at radius 3 is 2.58 bits per heavy atom. The lowest BCUT2D eigenvalue weighted by Gasteiger charge is -2.17. The molecule has 0 saturated heterocycles. The van der Waals surface area contributed by atoms with Crippen LogP contribution in [0.2, 0.25) is 0 Å². The molecule has 0 bridgehead atoms. The van der Waals surface area contributed by atoms with Gasteiger partial charge in [-0.05, 0) is 24.6 Å². The highest BCUT2D eigenvalue weighted by Gasteiger charge is 2.20. The van der Waals surface area contributed by atoms with Gasteiger partial charge < -0.3 is 14.8 Å². The fraction of sp³-hybridized carbons (Fsp3) is 0.261. The molecule has 8 heteroatoms. The second-order valence-corrected chi connectivity index (χ2v) is 7.64. The second kappa shape index (κ2) is 11.2. The van der Waals surface area contributed by atoms with Crippen molar-refractivity contribution in [1.82, 2.24) is 20.1 Å². The summed E-state index contributed by atoms with van der Waals surface area (Å²) < 4.78 is 13.3. The van der Waals surface area contributed by atoms with Gasteiger partial charge in [0.2, 0.25) is 5.91 Å². The monoisotopic (exact) mass is 438 g/mol. The standard InChI is InChI=1S/C23H26N4O3S/c1-4-14-27-22(17(2)30-20-13-9-8-12-19(20)29-3)25-26-23(27)31-16-21(28)24-15-18-10-6-5-7-11-18/h4-13,17H,1,14-16H2,2-3H3,(H,24,28). The van der Waals surface area contributed by atoms with Crippen molar-refractivity contribution in [3.05, 3.63) is 78.6 Å². The van der Waals surface area contributed by atoms with E-state index >= 15 is 0 Å². The van der Waals surface area contributed by atoms with Crippen LogP contribution in [-0.4, -0.2) is 33.5 Å². The van der Waals surface area contributed by atoms with Gasteiger partial charge in [0.1, 0.15) is 0 Å². The van der Waals surface area contributed by atoms with E-state index in [0.717, 1.165) is 5.56 Å². The molecule has 0 spiro atoms. The second-order valence-electron chi connectivity index (χ2n) is 6.70. The summed E-state index contributed by atoms with van der Waals surface area (Å²) in [6.07, 6.45) is 1.40. The van der Waals surface area contributed by atoms with Crippen molar-refractivity contribution in [1.29, 1.82) is 0 Å². The molecule has 3 aromatic rings. The largest absolute Gasteiger partial charge is 0.493 e. The molecular formula is C23H26N4O3S. The van der Waals surface area contributed by atoms with Crippen molar-refractivity contribution < 1.29 is 14.3 Å². The van der Waals surface area contributed by atoms with Crippen molar-refractivity contribution in [3.63, 3.8) is 0 Å². The number of nitrogens with one attached hydrogen (secondary N) is 1. The molecule has 2 aromatic carbocycles. The maximum absolute atomic E-state index is 12.3. The molecule has 0 saturated carbocycles.